The summed E-state index contributed by atoms with van der Waals surface area (Å²) in [4.78, 5) is 12.1. The maximum absolute atomic E-state index is 12.1. The van der Waals surface area contributed by atoms with E-state index in [2.05, 4.69) is 20.4 Å². The highest BCUT2D eigenvalue weighted by atomic mass is 16.1. The highest BCUT2D eigenvalue weighted by Crippen LogP contribution is 2.43. The Hall–Kier alpha value is -0.590. The molecule has 0 atom stereocenters. The number of allylic oxidation sites excluding steroid dienone is 1. The number of hydrogen-bond donors (Lipinski definition) is 0. The zero-order valence-corrected chi connectivity index (χ0v) is 9.57. The van der Waals surface area contributed by atoms with E-state index in [0.29, 0.717) is 12.2 Å². The van der Waals surface area contributed by atoms with E-state index in [0.717, 1.165) is 31.3 Å². The van der Waals surface area contributed by atoms with Gasteiger partial charge in [-0.15, -0.1) is 0 Å². The lowest BCUT2D eigenvalue weighted by Gasteiger charge is -2.25. The van der Waals surface area contributed by atoms with Crippen molar-refractivity contribution in [2.75, 3.05) is 0 Å². The average molecular weight is 194 g/mol. The molecule has 1 fully saturated rings. The number of ketones is 1. The van der Waals surface area contributed by atoms with E-state index in [1.807, 2.05) is 0 Å². The van der Waals surface area contributed by atoms with E-state index >= 15 is 0 Å². The summed E-state index contributed by atoms with van der Waals surface area (Å²) in [5, 5.41) is 0. The molecule has 0 spiro atoms. The Bertz CT molecular complexity index is 221. The van der Waals surface area contributed by atoms with Crippen molar-refractivity contribution in [1.29, 1.82) is 0 Å². The molecule has 0 aromatic heterocycles. The van der Waals surface area contributed by atoms with Crippen molar-refractivity contribution < 1.29 is 4.79 Å². The third-order valence-electron chi connectivity index (χ3n) is 3.74. The van der Waals surface area contributed by atoms with Crippen molar-refractivity contribution >= 4 is 5.78 Å². The van der Waals surface area contributed by atoms with Gasteiger partial charge in [-0.05, 0) is 25.7 Å². The fourth-order valence-corrected chi connectivity index (χ4v) is 2.42. The molecule has 0 amide bonds. The second kappa shape index (κ2) is 4.77. The minimum Gasteiger partial charge on any atom is -0.299 e. The van der Waals surface area contributed by atoms with E-state index in [4.69, 9.17) is 0 Å². The van der Waals surface area contributed by atoms with Gasteiger partial charge in [0.2, 0.25) is 0 Å². The number of carbonyl (C=O) groups is 1. The Morgan fingerprint density at radius 3 is 2.29 bits per heavy atom. The summed E-state index contributed by atoms with van der Waals surface area (Å²) in [5.41, 5.74) is 1.12. The Morgan fingerprint density at radius 1 is 1.29 bits per heavy atom. The van der Waals surface area contributed by atoms with Crippen LogP contribution < -0.4 is 0 Å². The molecule has 0 aromatic carbocycles. The standard InChI is InChI=1S/C13H22O/c1-4-11(3)10-12(14)13(5-2)8-6-7-9-13/h3-10H2,1-2H3. The van der Waals surface area contributed by atoms with Crippen LogP contribution in [0.1, 0.15) is 58.8 Å². The molecule has 1 rings (SSSR count). The lowest BCUT2D eigenvalue weighted by Crippen LogP contribution is -2.27. The minimum absolute atomic E-state index is 0.0259. The number of hydrogen-bond acceptors (Lipinski definition) is 1. The summed E-state index contributed by atoms with van der Waals surface area (Å²) in [6.45, 7) is 8.15. The Kier molecular flexibility index (Phi) is 3.91. The van der Waals surface area contributed by atoms with E-state index in [9.17, 15) is 4.79 Å². The highest BCUT2D eigenvalue weighted by Gasteiger charge is 2.38. The molecule has 1 nitrogen and oxygen atoms in total. The predicted octanol–water partition coefficient (Wildman–Crippen LogP) is 3.88. The Balaban J connectivity index is 2.60. The van der Waals surface area contributed by atoms with Crippen molar-refractivity contribution in [3.05, 3.63) is 12.2 Å². The van der Waals surface area contributed by atoms with Gasteiger partial charge in [0.05, 0.1) is 0 Å². The fraction of sp³-hybridized carbons (Fsp3) is 0.769. The average Bonchev–Trinajstić information content (AvgIpc) is 2.67. The van der Waals surface area contributed by atoms with Crippen LogP contribution in [0.5, 0.6) is 0 Å². The van der Waals surface area contributed by atoms with Gasteiger partial charge in [-0.2, -0.15) is 0 Å². The second-order valence-electron chi connectivity index (χ2n) is 4.54. The summed E-state index contributed by atoms with van der Waals surface area (Å²) < 4.78 is 0. The first-order valence-electron chi connectivity index (χ1n) is 5.84. The second-order valence-corrected chi connectivity index (χ2v) is 4.54. The number of carbonyl (C=O) groups excluding carboxylic acids is 1. The molecule has 1 aliphatic carbocycles. The maximum Gasteiger partial charge on any atom is 0.143 e. The molecule has 14 heavy (non-hydrogen) atoms. The molecule has 80 valence electrons. The molecule has 0 N–H and O–H groups in total. The highest BCUT2D eigenvalue weighted by molar-refractivity contribution is 5.86. The smallest absolute Gasteiger partial charge is 0.143 e. The monoisotopic (exact) mass is 194 g/mol. The van der Waals surface area contributed by atoms with Crippen molar-refractivity contribution in [1.82, 2.24) is 0 Å². The van der Waals surface area contributed by atoms with Crippen LogP contribution in [0.4, 0.5) is 0 Å². The maximum atomic E-state index is 12.1. The van der Waals surface area contributed by atoms with Crippen LogP contribution in [-0.2, 0) is 4.79 Å². The largest absolute Gasteiger partial charge is 0.299 e. The van der Waals surface area contributed by atoms with Gasteiger partial charge in [-0.3, -0.25) is 4.79 Å². The number of rotatable bonds is 5. The third-order valence-corrected chi connectivity index (χ3v) is 3.74. The molecule has 1 aliphatic rings. The molecule has 0 radical (unpaired) electrons. The fourth-order valence-electron chi connectivity index (χ4n) is 2.42. The number of Topliss-reactive ketones (excluding diaryl/α,β-unsaturated/α-hetero) is 1. The van der Waals surface area contributed by atoms with Gasteiger partial charge in [0.25, 0.3) is 0 Å². The summed E-state index contributed by atoms with van der Waals surface area (Å²) in [6, 6.07) is 0. The van der Waals surface area contributed by atoms with Gasteiger partial charge >= 0.3 is 0 Å². The molecule has 0 saturated heterocycles. The quantitative estimate of drug-likeness (QED) is 0.607. The molecule has 0 heterocycles. The summed E-state index contributed by atoms with van der Waals surface area (Å²) in [5.74, 6) is 0.448. The first-order chi connectivity index (χ1) is 6.64. The molecule has 1 heteroatoms. The minimum atomic E-state index is 0.0259. The predicted molar refractivity (Wildman–Crippen MR) is 60.2 cm³/mol. The summed E-state index contributed by atoms with van der Waals surface area (Å²) in [6.07, 6.45) is 7.26. The molecule has 0 aliphatic heterocycles. The van der Waals surface area contributed by atoms with Crippen molar-refractivity contribution in [3.63, 3.8) is 0 Å². The first-order valence-corrected chi connectivity index (χ1v) is 5.84. The summed E-state index contributed by atoms with van der Waals surface area (Å²) >= 11 is 0. The third kappa shape index (κ3) is 2.26. The van der Waals surface area contributed by atoms with Crippen LogP contribution in [0.2, 0.25) is 0 Å². The van der Waals surface area contributed by atoms with Crippen molar-refractivity contribution in [2.24, 2.45) is 5.41 Å². The van der Waals surface area contributed by atoms with Crippen molar-refractivity contribution in [3.8, 4) is 0 Å². The van der Waals surface area contributed by atoms with E-state index in [1.165, 1.54) is 12.8 Å². The van der Waals surface area contributed by atoms with Gasteiger partial charge in [0, 0.05) is 11.8 Å². The van der Waals surface area contributed by atoms with Crippen LogP contribution >= 0.6 is 0 Å². The molecule has 0 unspecified atom stereocenters. The molecular weight excluding hydrogens is 172 g/mol. The zero-order chi connectivity index (χ0) is 10.6. The normalized spacial score (nSPS) is 19.6. The van der Waals surface area contributed by atoms with Gasteiger partial charge < -0.3 is 0 Å². The molecular formula is C13H22O. The van der Waals surface area contributed by atoms with E-state index in [1.54, 1.807) is 0 Å². The molecule has 0 aromatic rings. The van der Waals surface area contributed by atoms with Gasteiger partial charge in [-0.25, -0.2) is 0 Å². The van der Waals surface area contributed by atoms with Crippen LogP contribution in [0, 0.1) is 5.41 Å². The zero-order valence-electron chi connectivity index (χ0n) is 9.57. The topological polar surface area (TPSA) is 17.1 Å². The van der Waals surface area contributed by atoms with Crippen molar-refractivity contribution in [2.45, 2.75) is 58.8 Å². The van der Waals surface area contributed by atoms with Crippen LogP contribution in [0.15, 0.2) is 12.2 Å². The van der Waals surface area contributed by atoms with E-state index < -0.39 is 0 Å². The van der Waals surface area contributed by atoms with Gasteiger partial charge in [0.15, 0.2) is 0 Å². The molecule has 1 saturated carbocycles. The Morgan fingerprint density at radius 2 is 1.86 bits per heavy atom. The lowest BCUT2D eigenvalue weighted by atomic mass is 9.77. The van der Waals surface area contributed by atoms with Gasteiger partial charge in [0.1, 0.15) is 5.78 Å². The van der Waals surface area contributed by atoms with Crippen LogP contribution in [0.3, 0.4) is 0 Å². The van der Waals surface area contributed by atoms with Crippen LogP contribution in [0.25, 0.3) is 0 Å². The molecule has 0 bridgehead atoms. The Labute approximate surface area is 87.6 Å². The van der Waals surface area contributed by atoms with E-state index in [-0.39, 0.29) is 5.41 Å². The first kappa shape index (κ1) is 11.5. The van der Waals surface area contributed by atoms with Crippen LogP contribution in [-0.4, -0.2) is 5.78 Å². The summed E-state index contributed by atoms with van der Waals surface area (Å²) in [7, 11) is 0. The SMILES string of the molecule is C=C(CC)CC(=O)C1(CC)CCCC1. The lowest BCUT2D eigenvalue weighted by molar-refractivity contribution is -0.128. The van der Waals surface area contributed by atoms with Gasteiger partial charge in [-0.1, -0.05) is 38.8 Å².